The van der Waals surface area contributed by atoms with Crippen LogP contribution in [0.3, 0.4) is 0 Å². The Morgan fingerprint density at radius 1 is 0.808 bits per heavy atom. The third-order valence-electron chi connectivity index (χ3n) is 3.77. The van der Waals surface area contributed by atoms with Crippen LogP contribution in [-0.2, 0) is 0 Å². The number of nitrogens with one attached hydrogen (secondary N) is 1. The van der Waals surface area contributed by atoms with E-state index in [1.54, 1.807) is 30.6 Å². The van der Waals surface area contributed by atoms with Crippen LogP contribution in [0.4, 0.5) is 11.5 Å². The highest BCUT2D eigenvalue weighted by Gasteiger charge is 2.13. The van der Waals surface area contributed by atoms with Crippen LogP contribution in [0.5, 0.6) is 0 Å². The van der Waals surface area contributed by atoms with Crippen molar-refractivity contribution in [2.75, 3.05) is 5.32 Å². The quantitative estimate of drug-likeness (QED) is 0.432. The maximum atomic E-state index is 6.40. The van der Waals surface area contributed by atoms with E-state index in [1.807, 2.05) is 30.3 Å². The summed E-state index contributed by atoms with van der Waals surface area (Å²) in [5.74, 6) is 1.13. The molecule has 26 heavy (non-hydrogen) atoms. The molecule has 0 aliphatic rings. The molecule has 0 atom stereocenters. The lowest BCUT2D eigenvalue weighted by Gasteiger charge is -2.12. The maximum absolute atomic E-state index is 6.40. The number of aromatic nitrogens is 3. The zero-order chi connectivity index (χ0) is 18.1. The normalized spacial score (nSPS) is 10.9. The van der Waals surface area contributed by atoms with Crippen molar-refractivity contribution < 1.29 is 0 Å². The minimum absolute atomic E-state index is 0.452. The molecule has 0 bridgehead atoms. The van der Waals surface area contributed by atoms with E-state index in [1.165, 1.54) is 0 Å². The van der Waals surface area contributed by atoms with Gasteiger partial charge in [-0.1, -0.05) is 40.9 Å². The summed E-state index contributed by atoms with van der Waals surface area (Å²) in [6.07, 6.45) is 3.42. The van der Waals surface area contributed by atoms with Gasteiger partial charge in [-0.25, -0.2) is 9.97 Å². The van der Waals surface area contributed by atoms with Crippen LogP contribution in [0.1, 0.15) is 0 Å². The number of pyridine rings is 1. The van der Waals surface area contributed by atoms with Gasteiger partial charge in [-0.2, -0.15) is 0 Å². The Bertz CT molecular complexity index is 1100. The molecule has 0 aliphatic heterocycles. The van der Waals surface area contributed by atoms with Gasteiger partial charge in [0.25, 0.3) is 0 Å². The molecule has 2 aromatic heterocycles. The molecular weight excluding hydrogens is 391 g/mol. The lowest BCUT2D eigenvalue weighted by Crippen LogP contribution is -2.00. The van der Waals surface area contributed by atoms with Crippen LogP contribution >= 0.6 is 34.8 Å². The van der Waals surface area contributed by atoms with E-state index >= 15 is 0 Å². The Morgan fingerprint density at radius 3 is 2.46 bits per heavy atom. The average molecular weight is 402 g/mol. The van der Waals surface area contributed by atoms with Crippen molar-refractivity contribution in [2.45, 2.75) is 0 Å². The molecule has 0 aliphatic carbocycles. The van der Waals surface area contributed by atoms with Crippen LogP contribution in [0.2, 0.25) is 15.1 Å². The van der Waals surface area contributed by atoms with E-state index in [4.69, 9.17) is 34.8 Å². The molecule has 0 unspecified atom stereocenters. The molecule has 2 aromatic carbocycles. The molecule has 0 amide bonds. The van der Waals surface area contributed by atoms with E-state index in [-0.39, 0.29) is 0 Å². The molecule has 4 aromatic rings. The predicted octanol–water partition coefficient (Wildman–Crippen LogP) is 6.40. The van der Waals surface area contributed by atoms with Gasteiger partial charge in [0.05, 0.1) is 26.0 Å². The fourth-order valence-electron chi connectivity index (χ4n) is 2.57. The molecule has 128 valence electrons. The molecule has 0 radical (unpaired) electrons. The minimum atomic E-state index is 0.452. The zero-order valence-electron chi connectivity index (χ0n) is 13.2. The second-order valence-corrected chi connectivity index (χ2v) is 6.75. The van der Waals surface area contributed by atoms with Gasteiger partial charge in [0, 0.05) is 23.6 Å². The number of hydrogen-bond acceptors (Lipinski definition) is 4. The van der Waals surface area contributed by atoms with E-state index < -0.39 is 0 Å². The molecule has 0 fully saturated rings. The van der Waals surface area contributed by atoms with Gasteiger partial charge in [0.1, 0.15) is 5.82 Å². The summed E-state index contributed by atoms with van der Waals surface area (Å²) < 4.78 is 0. The monoisotopic (exact) mass is 400 g/mol. The van der Waals surface area contributed by atoms with Crippen molar-refractivity contribution in [3.8, 4) is 11.4 Å². The fourth-order valence-corrected chi connectivity index (χ4v) is 3.12. The molecule has 0 saturated carbocycles. The first-order chi connectivity index (χ1) is 12.6. The number of benzene rings is 2. The van der Waals surface area contributed by atoms with Gasteiger partial charge in [-0.3, -0.25) is 4.98 Å². The Morgan fingerprint density at radius 2 is 1.69 bits per heavy atom. The van der Waals surface area contributed by atoms with Crippen LogP contribution < -0.4 is 5.32 Å². The fraction of sp³-hybridized carbons (Fsp3) is 0. The first-order valence-corrected chi connectivity index (χ1v) is 8.84. The lowest BCUT2D eigenvalue weighted by molar-refractivity contribution is 1.20. The van der Waals surface area contributed by atoms with E-state index in [0.29, 0.717) is 26.7 Å². The van der Waals surface area contributed by atoms with Crippen molar-refractivity contribution >= 4 is 57.2 Å². The summed E-state index contributed by atoms with van der Waals surface area (Å²) in [7, 11) is 0. The van der Waals surface area contributed by atoms with Gasteiger partial charge >= 0.3 is 0 Å². The molecule has 7 heteroatoms. The molecular formula is C19H11Cl3N4. The number of hydrogen-bond donors (Lipinski definition) is 1. The van der Waals surface area contributed by atoms with Gasteiger partial charge < -0.3 is 5.32 Å². The standard InChI is InChI=1S/C19H11Cl3N4/c20-13-7-6-12(9-15(13)22)24-19-17-14(21)4-1-5-16(17)25-18(26-19)11-3-2-8-23-10-11/h1-10H,(H,24,25,26). The topological polar surface area (TPSA) is 50.7 Å². The van der Waals surface area contributed by atoms with E-state index in [0.717, 1.165) is 22.2 Å². The third-order valence-corrected chi connectivity index (χ3v) is 4.83. The number of nitrogens with zero attached hydrogens (tertiary/aromatic N) is 3. The maximum Gasteiger partial charge on any atom is 0.163 e. The highest BCUT2D eigenvalue weighted by molar-refractivity contribution is 6.42. The van der Waals surface area contributed by atoms with Crippen LogP contribution in [0.25, 0.3) is 22.3 Å². The second-order valence-electron chi connectivity index (χ2n) is 5.53. The highest BCUT2D eigenvalue weighted by atomic mass is 35.5. The predicted molar refractivity (Wildman–Crippen MR) is 108 cm³/mol. The SMILES string of the molecule is Clc1ccc(Nc2nc(-c3cccnc3)nc3cccc(Cl)c23)cc1Cl. The number of halogens is 3. The molecule has 2 heterocycles. The Hall–Kier alpha value is -2.40. The molecule has 0 spiro atoms. The number of fused-ring (bicyclic) bond motifs is 1. The first-order valence-electron chi connectivity index (χ1n) is 7.70. The first kappa shape index (κ1) is 17.0. The van der Waals surface area contributed by atoms with Crippen molar-refractivity contribution in [2.24, 2.45) is 0 Å². The Balaban J connectivity index is 1.89. The van der Waals surface area contributed by atoms with Crippen molar-refractivity contribution in [1.29, 1.82) is 0 Å². The summed E-state index contributed by atoms with van der Waals surface area (Å²) in [4.78, 5) is 13.4. The van der Waals surface area contributed by atoms with Crippen molar-refractivity contribution in [3.63, 3.8) is 0 Å². The second kappa shape index (κ2) is 7.08. The van der Waals surface area contributed by atoms with Gasteiger partial charge in [0.2, 0.25) is 0 Å². The lowest BCUT2D eigenvalue weighted by atomic mass is 10.2. The highest BCUT2D eigenvalue weighted by Crippen LogP contribution is 2.33. The van der Waals surface area contributed by atoms with Gasteiger partial charge in [-0.05, 0) is 42.5 Å². The minimum Gasteiger partial charge on any atom is -0.340 e. The number of anilines is 2. The molecule has 1 N–H and O–H groups in total. The van der Waals surface area contributed by atoms with Crippen LogP contribution in [0.15, 0.2) is 60.9 Å². The average Bonchev–Trinajstić information content (AvgIpc) is 2.65. The Labute approximate surface area is 164 Å². The van der Waals surface area contributed by atoms with Crippen molar-refractivity contribution in [1.82, 2.24) is 15.0 Å². The summed E-state index contributed by atoms with van der Waals surface area (Å²) in [6.45, 7) is 0. The zero-order valence-corrected chi connectivity index (χ0v) is 15.5. The third kappa shape index (κ3) is 3.31. The van der Waals surface area contributed by atoms with Gasteiger partial charge in [0.15, 0.2) is 5.82 Å². The molecule has 0 saturated heterocycles. The van der Waals surface area contributed by atoms with Crippen molar-refractivity contribution in [3.05, 3.63) is 76.0 Å². The number of rotatable bonds is 3. The van der Waals surface area contributed by atoms with Gasteiger partial charge in [-0.15, -0.1) is 0 Å². The summed E-state index contributed by atoms with van der Waals surface area (Å²) >= 11 is 18.5. The molecule has 4 rings (SSSR count). The molecule has 4 nitrogen and oxygen atoms in total. The van der Waals surface area contributed by atoms with E-state index in [2.05, 4.69) is 20.3 Å². The van der Waals surface area contributed by atoms with E-state index in [9.17, 15) is 0 Å². The summed E-state index contributed by atoms with van der Waals surface area (Å²) in [5, 5.41) is 5.49. The Kier molecular flexibility index (Phi) is 4.64. The van der Waals surface area contributed by atoms with Crippen LogP contribution in [-0.4, -0.2) is 15.0 Å². The summed E-state index contributed by atoms with van der Waals surface area (Å²) in [6, 6.07) is 14.6. The van der Waals surface area contributed by atoms with Crippen LogP contribution in [0, 0.1) is 0 Å². The smallest absolute Gasteiger partial charge is 0.163 e. The summed E-state index contributed by atoms with van der Waals surface area (Å²) in [5.41, 5.74) is 2.29. The largest absolute Gasteiger partial charge is 0.340 e.